The van der Waals surface area contributed by atoms with Gasteiger partial charge in [0.25, 0.3) is 0 Å². The van der Waals surface area contributed by atoms with Gasteiger partial charge < -0.3 is 5.73 Å². The molecular weight excluding hydrogens is 158 g/mol. The zero-order valence-corrected chi connectivity index (χ0v) is 8.89. The van der Waals surface area contributed by atoms with E-state index < -0.39 is 0 Å². The summed E-state index contributed by atoms with van der Waals surface area (Å²) in [6, 6.07) is 0. The molecule has 0 aliphatic heterocycles. The van der Waals surface area contributed by atoms with Crippen molar-refractivity contribution in [1.29, 1.82) is 0 Å². The Kier molecular flexibility index (Phi) is 2.64. The zero-order chi connectivity index (χ0) is 9.31. The maximum Gasteiger partial charge on any atom is 0.0158 e. The van der Waals surface area contributed by atoms with Crippen LogP contribution in [0.5, 0.6) is 0 Å². The van der Waals surface area contributed by atoms with Gasteiger partial charge in [-0.3, -0.25) is 0 Å². The van der Waals surface area contributed by atoms with Crippen LogP contribution in [-0.4, -0.2) is 5.54 Å². The maximum absolute atomic E-state index is 6.14. The molecule has 0 aromatic heterocycles. The SMILES string of the molecule is CCC1CCC(CC2(N)CC2)CC1. The van der Waals surface area contributed by atoms with Crippen LogP contribution < -0.4 is 5.73 Å². The van der Waals surface area contributed by atoms with Crippen LogP contribution in [-0.2, 0) is 0 Å². The fraction of sp³-hybridized carbons (Fsp3) is 1.00. The van der Waals surface area contributed by atoms with Crippen molar-refractivity contribution in [3.8, 4) is 0 Å². The van der Waals surface area contributed by atoms with Gasteiger partial charge in [0.05, 0.1) is 0 Å². The molecule has 2 aliphatic rings. The molecule has 2 aliphatic carbocycles. The minimum Gasteiger partial charge on any atom is -0.325 e. The molecule has 0 spiro atoms. The summed E-state index contributed by atoms with van der Waals surface area (Å²) in [7, 11) is 0. The Morgan fingerprint density at radius 3 is 2.08 bits per heavy atom. The van der Waals surface area contributed by atoms with Gasteiger partial charge in [0.15, 0.2) is 0 Å². The average Bonchev–Trinajstić information content (AvgIpc) is 2.85. The van der Waals surface area contributed by atoms with Gasteiger partial charge in [-0.15, -0.1) is 0 Å². The summed E-state index contributed by atoms with van der Waals surface area (Å²) in [4.78, 5) is 0. The van der Waals surface area contributed by atoms with Crippen LogP contribution in [0.4, 0.5) is 0 Å². The van der Waals surface area contributed by atoms with E-state index in [2.05, 4.69) is 6.92 Å². The van der Waals surface area contributed by atoms with E-state index in [1.54, 1.807) is 0 Å². The Hall–Kier alpha value is -0.0400. The van der Waals surface area contributed by atoms with Gasteiger partial charge in [-0.1, -0.05) is 39.0 Å². The molecular formula is C12H23N. The van der Waals surface area contributed by atoms with Crippen molar-refractivity contribution in [2.24, 2.45) is 17.6 Å². The van der Waals surface area contributed by atoms with Crippen LogP contribution in [0.3, 0.4) is 0 Å². The van der Waals surface area contributed by atoms with Crippen LogP contribution in [0.1, 0.15) is 58.3 Å². The smallest absolute Gasteiger partial charge is 0.0158 e. The molecule has 0 atom stereocenters. The van der Waals surface area contributed by atoms with E-state index >= 15 is 0 Å². The highest BCUT2D eigenvalue weighted by atomic mass is 14.8. The maximum atomic E-state index is 6.14. The van der Waals surface area contributed by atoms with Gasteiger partial charge in [0.2, 0.25) is 0 Å². The Morgan fingerprint density at radius 1 is 1.08 bits per heavy atom. The van der Waals surface area contributed by atoms with Crippen molar-refractivity contribution in [2.75, 3.05) is 0 Å². The second-order valence-electron chi connectivity index (χ2n) is 5.36. The first-order chi connectivity index (χ1) is 6.22. The van der Waals surface area contributed by atoms with E-state index in [0.717, 1.165) is 11.8 Å². The summed E-state index contributed by atoms with van der Waals surface area (Å²) < 4.78 is 0. The van der Waals surface area contributed by atoms with Crippen molar-refractivity contribution in [2.45, 2.75) is 63.8 Å². The van der Waals surface area contributed by atoms with E-state index in [0.29, 0.717) is 5.54 Å². The third-order valence-corrected chi connectivity index (χ3v) is 4.13. The lowest BCUT2D eigenvalue weighted by atomic mass is 9.78. The molecule has 0 amide bonds. The Balaban J connectivity index is 1.72. The van der Waals surface area contributed by atoms with E-state index in [1.165, 1.54) is 51.4 Å². The summed E-state index contributed by atoms with van der Waals surface area (Å²) in [5.74, 6) is 2.00. The first kappa shape index (κ1) is 9.51. The van der Waals surface area contributed by atoms with Crippen molar-refractivity contribution in [1.82, 2.24) is 0 Å². The van der Waals surface area contributed by atoms with Gasteiger partial charge in [-0.25, -0.2) is 0 Å². The van der Waals surface area contributed by atoms with Crippen molar-refractivity contribution < 1.29 is 0 Å². The topological polar surface area (TPSA) is 26.0 Å². The molecule has 0 heterocycles. The molecule has 0 unspecified atom stereocenters. The molecule has 0 bridgehead atoms. The van der Waals surface area contributed by atoms with E-state index in [-0.39, 0.29) is 0 Å². The van der Waals surface area contributed by atoms with Gasteiger partial charge in [0, 0.05) is 5.54 Å². The van der Waals surface area contributed by atoms with Crippen molar-refractivity contribution in [3.05, 3.63) is 0 Å². The van der Waals surface area contributed by atoms with Crippen LogP contribution in [0, 0.1) is 11.8 Å². The molecule has 0 saturated heterocycles. The molecule has 1 heteroatoms. The van der Waals surface area contributed by atoms with E-state index in [1.807, 2.05) is 0 Å². The van der Waals surface area contributed by atoms with Crippen molar-refractivity contribution >= 4 is 0 Å². The van der Waals surface area contributed by atoms with Crippen LogP contribution in [0.15, 0.2) is 0 Å². The lowest BCUT2D eigenvalue weighted by molar-refractivity contribution is 0.244. The molecule has 2 N–H and O–H groups in total. The largest absolute Gasteiger partial charge is 0.325 e. The van der Waals surface area contributed by atoms with E-state index in [4.69, 9.17) is 5.73 Å². The normalized spacial score (nSPS) is 37.4. The quantitative estimate of drug-likeness (QED) is 0.711. The molecule has 1 nitrogen and oxygen atoms in total. The summed E-state index contributed by atoms with van der Waals surface area (Å²) in [5.41, 5.74) is 6.44. The number of nitrogens with two attached hydrogens (primary N) is 1. The van der Waals surface area contributed by atoms with Crippen LogP contribution >= 0.6 is 0 Å². The minimum absolute atomic E-state index is 0.295. The highest BCUT2D eigenvalue weighted by Gasteiger charge is 2.40. The third kappa shape index (κ3) is 2.46. The van der Waals surface area contributed by atoms with Gasteiger partial charge in [-0.2, -0.15) is 0 Å². The Bertz CT molecular complexity index is 164. The van der Waals surface area contributed by atoms with Crippen LogP contribution in [0.25, 0.3) is 0 Å². The lowest BCUT2D eigenvalue weighted by Gasteiger charge is -2.29. The second kappa shape index (κ2) is 3.61. The predicted octanol–water partition coefficient (Wildman–Crippen LogP) is 3.08. The third-order valence-electron chi connectivity index (χ3n) is 4.13. The van der Waals surface area contributed by atoms with Gasteiger partial charge in [-0.05, 0) is 31.1 Å². The molecule has 0 aromatic rings. The molecule has 2 fully saturated rings. The summed E-state index contributed by atoms with van der Waals surface area (Å²) in [5, 5.41) is 0. The summed E-state index contributed by atoms with van der Waals surface area (Å²) in [6.07, 6.45) is 11.1. The standard InChI is InChI=1S/C12H23N/c1-2-10-3-5-11(6-4-10)9-12(13)7-8-12/h10-11H,2-9,13H2,1H3. The summed E-state index contributed by atoms with van der Waals surface area (Å²) in [6.45, 7) is 2.33. The minimum atomic E-state index is 0.295. The molecule has 0 aromatic carbocycles. The molecule has 0 radical (unpaired) electrons. The van der Waals surface area contributed by atoms with Gasteiger partial charge >= 0.3 is 0 Å². The van der Waals surface area contributed by atoms with Gasteiger partial charge in [0.1, 0.15) is 0 Å². The fourth-order valence-corrected chi connectivity index (χ4v) is 2.78. The van der Waals surface area contributed by atoms with E-state index in [9.17, 15) is 0 Å². The molecule has 13 heavy (non-hydrogen) atoms. The molecule has 2 rings (SSSR count). The predicted molar refractivity (Wildman–Crippen MR) is 56.5 cm³/mol. The lowest BCUT2D eigenvalue weighted by Crippen LogP contribution is -2.27. The Morgan fingerprint density at radius 2 is 1.62 bits per heavy atom. The monoisotopic (exact) mass is 181 g/mol. The number of hydrogen-bond acceptors (Lipinski definition) is 1. The molecule has 2 saturated carbocycles. The fourth-order valence-electron chi connectivity index (χ4n) is 2.78. The Labute approximate surface area is 82.1 Å². The average molecular weight is 181 g/mol. The molecule has 76 valence electrons. The number of rotatable bonds is 3. The highest BCUT2D eigenvalue weighted by molar-refractivity contribution is 5.00. The first-order valence-electron chi connectivity index (χ1n) is 6.01. The second-order valence-corrected chi connectivity index (χ2v) is 5.36. The van der Waals surface area contributed by atoms with Crippen molar-refractivity contribution in [3.63, 3.8) is 0 Å². The van der Waals surface area contributed by atoms with Crippen LogP contribution in [0.2, 0.25) is 0 Å². The highest BCUT2D eigenvalue weighted by Crippen LogP contribution is 2.43. The first-order valence-corrected chi connectivity index (χ1v) is 6.01. The summed E-state index contributed by atoms with van der Waals surface area (Å²) >= 11 is 0. The number of hydrogen-bond donors (Lipinski definition) is 1. The zero-order valence-electron chi connectivity index (χ0n) is 8.89.